The van der Waals surface area contributed by atoms with E-state index in [0.29, 0.717) is 17.1 Å². The Labute approximate surface area is 193 Å². The van der Waals surface area contributed by atoms with Crippen LogP contribution in [0.5, 0.6) is 0 Å². The van der Waals surface area contributed by atoms with Gasteiger partial charge in [-0.25, -0.2) is 4.99 Å². The lowest BCUT2D eigenvalue weighted by molar-refractivity contribution is 0.0996. The number of nitrogens with one attached hydrogen (secondary N) is 3. The minimum Gasteiger partial charge on any atom is -0.459 e. The van der Waals surface area contributed by atoms with Crippen molar-refractivity contribution in [2.24, 2.45) is 4.99 Å². The average molecular weight is 528 g/mol. The Kier molecular flexibility index (Phi) is 9.35. The molecule has 0 radical (unpaired) electrons. The molecule has 6 nitrogen and oxygen atoms in total. The van der Waals surface area contributed by atoms with Crippen LogP contribution < -0.4 is 16.0 Å². The first-order valence-electron chi connectivity index (χ1n) is 9.68. The molecular weight excluding hydrogens is 499 g/mol. The predicted octanol–water partition coefficient (Wildman–Crippen LogP) is 4.49. The Bertz CT molecular complexity index is 788. The van der Waals surface area contributed by atoms with E-state index in [4.69, 9.17) is 4.42 Å². The maximum absolute atomic E-state index is 12.0. The Morgan fingerprint density at radius 2 is 2.03 bits per heavy atom. The van der Waals surface area contributed by atoms with Crippen LogP contribution in [0.1, 0.15) is 42.8 Å². The molecular formula is C21H29IN4O2S. The minimum atomic E-state index is -0.257. The van der Waals surface area contributed by atoms with Crippen LogP contribution in [0.3, 0.4) is 0 Å². The van der Waals surface area contributed by atoms with Crippen molar-refractivity contribution in [2.75, 3.05) is 24.2 Å². The summed E-state index contributed by atoms with van der Waals surface area (Å²) in [6, 6.07) is 11.0. The normalized spacial score (nSPS) is 18.8. The quantitative estimate of drug-likeness (QED) is 0.281. The maximum atomic E-state index is 12.0. The van der Waals surface area contributed by atoms with Gasteiger partial charge in [0.25, 0.3) is 5.91 Å². The smallest absolute Gasteiger partial charge is 0.291 e. The Balaban J connectivity index is 0.00000300. The first kappa shape index (κ1) is 23.6. The molecule has 29 heavy (non-hydrogen) atoms. The number of anilines is 1. The maximum Gasteiger partial charge on any atom is 0.291 e. The van der Waals surface area contributed by atoms with Crippen LogP contribution in [0.15, 0.2) is 52.1 Å². The summed E-state index contributed by atoms with van der Waals surface area (Å²) in [5, 5.41) is 9.60. The van der Waals surface area contributed by atoms with E-state index in [9.17, 15) is 4.79 Å². The van der Waals surface area contributed by atoms with Crippen molar-refractivity contribution >= 4 is 53.3 Å². The standard InChI is InChI=1S/C21H28N4O2S.HI/c1-3-22-20(24-15-21(2)11-5-13-28-21)23-14-16-7-9-17(10-8-16)25-19(26)18-6-4-12-27-18;/h4,6-10,12H,3,5,11,13-15H2,1-2H3,(H,25,26)(H2,22,23,24);1H. The molecule has 1 atom stereocenters. The number of furan rings is 1. The minimum absolute atomic E-state index is 0. The third-order valence-electron chi connectivity index (χ3n) is 4.65. The highest BCUT2D eigenvalue weighted by Crippen LogP contribution is 2.36. The monoisotopic (exact) mass is 528 g/mol. The van der Waals surface area contributed by atoms with Gasteiger partial charge in [-0.05, 0) is 62.3 Å². The van der Waals surface area contributed by atoms with Crippen molar-refractivity contribution < 1.29 is 9.21 Å². The highest BCUT2D eigenvalue weighted by Gasteiger charge is 2.29. The van der Waals surface area contributed by atoms with Crippen LogP contribution in [0, 0.1) is 0 Å². The Hall–Kier alpha value is -1.68. The fourth-order valence-corrected chi connectivity index (χ4v) is 4.30. The van der Waals surface area contributed by atoms with Gasteiger partial charge in [-0.2, -0.15) is 11.8 Å². The van der Waals surface area contributed by atoms with E-state index >= 15 is 0 Å². The number of thioether (sulfide) groups is 1. The predicted molar refractivity (Wildman–Crippen MR) is 131 cm³/mol. The van der Waals surface area contributed by atoms with Gasteiger partial charge in [0.2, 0.25) is 0 Å². The third kappa shape index (κ3) is 7.26. The zero-order valence-electron chi connectivity index (χ0n) is 16.9. The summed E-state index contributed by atoms with van der Waals surface area (Å²) in [4.78, 5) is 16.7. The molecule has 1 unspecified atom stereocenters. The molecule has 1 aromatic heterocycles. The Morgan fingerprint density at radius 3 is 2.66 bits per heavy atom. The lowest BCUT2D eigenvalue weighted by Crippen LogP contribution is -2.43. The molecule has 158 valence electrons. The van der Waals surface area contributed by atoms with Gasteiger partial charge in [0.1, 0.15) is 0 Å². The zero-order chi connectivity index (χ0) is 19.8. The number of aliphatic imine (C=N–C) groups is 1. The number of amides is 1. The number of carbonyl (C=O) groups excluding carboxylic acids is 1. The number of guanidine groups is 1. The number of halogens is 1. The molecule has 3 rings (SSSR count). The first-order chi connectivity index (χ1) is 13.6. The summed E-state index contributed by atoms with van der Waals surface area (Å²) in [5.74, 6) is 2.12. The molecule has 0 bridgehead atoms. The molecule has 1 saturated heterocycles. The van der Waals surface area contributed by atoms with E-state index < -0.39 is 0 Å². The lowest BCUT2D eigenvalue weighted by atomic mass is 10.1. The third-order valence-corrected chi connectivity index (χ3v) is 6.19. The van der Waals surface area contributed by atoms with Crippen molar-refractivity contribution in [1.29, 1.82) is 0 Å². The molecule has 1 fully saturated rings. The molecule has 2 heterocycles. The van der Waals surface area contributed by atoms with Crippen molar-refractivity contribution in [3.8, 4) is 0 Å². The molecule has 0 aliphatic carbocycles. The van der Waals surface area contributed by atoms with Gasteiger partial charge in [-0.15, -0.1) is 24.0 Å². The van der Waals surface area contributed by atoms with E-state index in [1.54, 1.807) is 12.1 Å². The molecule has 3 N–H and O–H groups in total. The number of rotatable bonds is 7. The van der Waals surface area contributed by atoms with Gasteiger partial charge >= 0.3 is 0 Å². The molecule has 1 aliphatic rings. The summed E-state index contributed by atoms with van der Waals surface area (Å²) in [7, 11) is 0. The van der Waals surface area contributed by atoms with E-state index in [1.165, 1.54) is 24.9 Å². The zero-order valence-corrected chi connectivity index (χ0v) is 20.0. The second-order valence-electron chi connectivity index (χ2n) is 7.08. The molecule has 1 aromatic carbocycles. The SMILES string of the molecule is CCNC(=NCc1ccc(NC(=O)c2ccco2)cc1)NCC1(C)CCCS1.I. The molecule has 1 aliphatic heterocycles. The molecule has 2 aromatic rings. The van der Waals surface area contributed by atoms with E-state index in [2.05, 4.69) is 34.8 Å². The summed E-state index contributed by atoms with van der Waals surface area (Å²) in [6.45, 7) is 6.71. The van der Waals surface area contributed by atoms with Crippen LogP contribution in [0.2, 0.25) is 0 Å². The van der Waals surface area contributed by atoms with Gasteiger partial charge in [0.15, 0.2) is 11.7 Å². The number of benzene rings is 1. The first-order valence-corrected chi connectivity index (χ1v) is 10.7. The van der Waals surface area contributed by atoms with Crippen LogP contribution in [0.4, 0.5) is 5.69 Å². The second-order valence-corrected chi connectivity index (χ2v) is 8.76. The van der Waals surface area contributed by atoms with E-state index in [-0.39, 0.29) is 29.9 Å². The lowest BCUT2D eigenvalue weighted by Gasteiger charge is -2.24. The van der Waals surface area contributed by atoms with Gasteiger partial charge in [-0.1, -0.05) is 12.1 Å². The highest BCUT2D eigenvalue weighted by molar-refractivity contribution is 14.0. The van der Waals surface area contributed by atoms with Crippen LogP contribution in [-0.2, 0) is 6.54 Å². The van der Waals surface area contributed by atoms with Gasteiger partial charge < -0.3 is 20.4 Å². The van der Waals surface area contributed by atoms with Gasteiger partial charge in [-0.3, -0.25) is 4.79 Å². The molecule has 1 amide bonds. The van der Waals surface area contributed by atoms with Gasteiger partial charge in [0, 0.05) is 23.5 Å². The van der Waals surface area contributed by atoms with Gasteiger partial charge in [0.05, 0.1) is 12.8 Å². The second kappa shape index (κ2) is 11.5. The topological polar surface area (TPSA) is 78.7 Å². The van der Waals surface area contributed by atoms with Crippen molar-refractivity contribution in [1.82, 2.24) is 10.6 Å². The van der Waals surface area contributed by atoms with Crippen LogP contribution in [-0.4, -0.2) is 35.5 Å². The van der Waals surface area contributed by atoms with Crippen LogP contribution in [0.25, 0.3) is 0 Å². The van der Waals surface area contributed by atoms with E-state index in [1.807, 2.05) is 36.0 Å². The highest BCUT2D eigenvalue weighted by atomic mass is 127. The summed E-state index contributed by atoms with van der Waals surface area (Å²) < 4.78 is 5.40. The fourth-order valence-electron chi connectivity index (χ4n) is 3.05. The van der Waals surface area contributed by atoms with Crippen molar-refractivity contribution in [3.05, 3.63) is 54.0 Å². The number of hydrogen-bond acceptors (Lipinski definition) is 4. The number of carbonyl (C=O) groups is 1. The summed E-state index contributed by atoms with van der Waals surface area (Å²) in [6.07, 6.45) is 4.02. The van der Waals surface area contributed by atoms with Crippen LogP contribution >= 0.6 is 35.7 Å². The van der Waals surface area contributed by atoms with E-state index in [0.717, 1.165) is 30.3 Å². The summed E-state index contributed by atoms with van der Waals surface area (Å²) in [5.41, 5.74) is 1.81. The molecule has 8 heteroatoms. The summed E-state index contributed by atoms with van der Waals surface area (Å²) >= 11 is 2.04. The van der Waals surface area contributed by atoms with Crippen molar-refractivity contribution in [3.63, 3.8) is 0 Å². The average Bonchev–Trinajstić information content (AvgIpc) is 3.38. The largest absolute Gasteiger partial charge is 0.459 e. The Morgan fingerprint density at radius 1 is 1.24 bits per heavy atom. The molecule has 0 saturated carbocycles. The molecule has 0 spiro atoms. The number of nitrogens with zero attached hydrogens (tertiary/aromatic N) is 1. The number of hydrogen-bond donors (Lipinski definition) is 3. The fraction of sp³-hybridized carbons (Fsp3) is 0.429. The van der Waals surface area contributed by atoms with Crippen molar-refractivity contribution in [2.45, 2.75) is 38.0 Å².